The molecule has 1 rings (SSSR count). The highest BCUT2D eigenvalue weighted by Gasteiger charge is 2.34. The SMILES string of the molecule is C/C(=C\C=C\[C@@H](C)CO)[C@H]1OC(=O)C[C@H](O)CC[C@@](C)(O)[C@@H](CC(=O)O)/C=C/[C@@H]1C. The van der Waals surface area contributed by atoms with Crippen LogP contribution in [0, 0.1) is 17.8 Å². The molecular weight excluding hydrogens is 388 g/mol. The molecule has 0 spiro atoms. The molecule has 0 saturated carbocycles. The molecule has 4 N–H and O–H groups in total. The van der Waals surface area contributed by atoms with Gasteiger partial charge in [0.15, 0.2) is 0 Å². The number of carbonyl (C=O) groups is 2. The molecular formula is C23H36O7. The molecule has 170 valence electrons. The molecule has 0 unspecified atom stereocenters. The van der Waals surface area contributed by atoms with E-state index in [0.717, 1.165) is 5.57 Å². The molecule has 0 aromatic rings. The third-order valence-electron chi connectivity index (χ3n) is 5.50. The highest BCUT2D eigenvalue weighted by atomic mass is 16.5. The number of carboxylic acid groups (broad SMARTS) is 1. The number of aliphatic carboxylic acids is 1. The maximum absolute atomic E-state index is 12.3. The lowest BCUT2D eigenvalue weighted by Gasteiger charge is -2.32. The first-order valence-corrected chi connectivity index (χ1v) is 10.4. The summed E-state index contributed by atoms with van der Waals surface area (Å²) in [4.78, 5) is 23.6. The van der Waals surface area contributed by atoms with Crippen molar-refractivity contribution in [2.45, 2.75) is 71.2 Å². The number of aliphatic hydroxyl groups excluding tert-OH is 2. The smallest absolute Gasteiger partial charge is 0.309 e. The lowest BCUT2D eigenvalue weighted by atomic mass is 9.80. The number of cyclic esters (lactones) is 1. The van der Waals surface area contributed by atoms with E-state index in [0.29, 0.717) is 0 Å². The number of rotatable bonds is 6. The van der Waals surface area contributed by atoms with Crippen LogP contribution in [-0.2, 0) is 14.3 Å². The standard InChI is InChI=1S/C23H36O7/c1-15(14-24)6-5-7-16(2)22-17(3)8-9-18(12-20(26)27)23(4,29)11-10-19(25)13-21(28)30-22/h5-9,15,17-19,22,24-25,29H,10-14H2,1-4H3,(H,26,27)/b6-5+,9-8+,16-7+/t15-,17+,18-,19-,22-,23-/m1/s1. The third kappa shape index (κ3) is 8.81. The fraction of sp³-hybridized carbons (Fsp3) is 0.652. The maximum Gasteiger partial charge on any atom is 0.309 e. The van der Waals surface area contributed by atoms with Crippen molar-refractivity contribution in [2.24, 2.45) is 17.8 Å². The van der Waals surface area contributed by atoms with E-state index < -0.39 is 35.7 Å². The normalized spacial score (nSPS) is 34.0. The largest absolute Gasteiger partial charge is 0.481 e. The molecule has 0 bridgehead atoms. The van der Waals surface area contributed by atoms with E-state index in [2.05, 4.69) is 0 Å². The molecule has 1 aliphatic heterocycles. The van der Waals surface area contributed by atoms with Crippen molar-refractivity contribution < 1.29 is 34.8 Å². The number of hydrogen-bond donors (Lipinski definition) is 4. The average Bonchev–Trinajstić information content (AvgIpc) is 2.66. The zero-order valence-corrected chi connectivity index (χ0v) is 18.3. The molecule has 1 heterocycles. The van der Waals surface area contributed by atoms with Gasteiger partial charge in [-0.1, -0.05) is 44.2 Å². The van der Waals surface area contributed by atoms with Crippen LogP contribution in [0.3, 0.4) is 0 Å². The number of aliphatic hydroxyl groups is 3. The Morgan fingerprint density at radius 1 is 1.40 bits per heavy atom. The minimum Gasteiger partial charge on any atom is -0.481 e. The van der Waals surface area contributed by atoms with Gasteiger partial charge >= 0.3 is 11.9 Å². The van der Waals surface area contributed by atoms with Gasteiger partial charge in [0.25, 0.3) is 0 Å². The molecule has 0 saturated heterocycles. The van der Waals surface area contributed by atoms with Crippen LogP contribution in [0.25, 0.3) is 0 Å². The number of carboxylic acids is 1. The van der Waals surface area contributed by atoms with Gasteiger partial charge in [-0.2, -0.15) is 0 Å². The van der Waals surface area contributed by atoms with Crippen molar-refractivity contribution in [3.63, 3.8) is 0 Å². The van der Waals surface area contributed by atoms with Gasteiger partial charge < -0.3 is 25.2 Å². The maximum atomic E-state index is 12.3. The van der Waals surface area contributed by atoms with E-state index in [1.54, 1.807) is 25.2 Å². The summed E-state index contributed by atoms with van der Waals surface area (Å²) in [5.74, 6) is -2.48. The molecule has 0 amide bonds. The molecule has 7 heteroatoms. The van der Waals surface area contributed by atoms with Crippen LogP contribution in [0.1, 0.15) is 53.4 Å². The van der Waals surface area contributed by atoms with Gasteiger partial charge in [-0.3, -0.25) is 9.59 Å². The number of ether oxygens (including phenoxy) is 1. The number of allylic oxidation sites excluding steroid dienone is 2. The molecule has 0 aromatic heterocycles. The second kappa shape index (κ2) is 12.0. The number of carbonyl (C=O) groups excluding carboxylic acids is 1. The Morgan fingerprint density at radius 3 is 2.67 bits per heavy atom. The second-order valence-corrected chi connectivity index (χ2v) is 8.57. The van der Waals surface area contributed by atoms with E-state index in [9.17, 15) is 24.9 Å². The molecule has 30 heavy (non-hydrogen) atoms. The Labute approximate surface area is 178 Å². The summed E-state index contributed by atoms with van der Waals surface area (Å²) >= 11 is 0. The summed E-state index contributed by atoms with van der Waals surface area (Å²) in [5, 5.41) is 39.4. The van der Waals surface area contributed by atoms with Gasteiger partial charge in [0.1, 0.15) is 6.10 Å². The highest BCUT2D eigenvalue weighted by molar-refractivity contribution is 5.70. The van der Waals surface area contributed by atoms with Crippen molar-refractivity contribution in [3.8, 4) is 0 Å². The van der Waals surface area contributed by atoms with E-state index in [1.807, 2.05) is 32.9 Å². The lowest BCUT2D eigenvalue weighted by Crippen LogP contribution is -2.37. The van der Waals surface area contributed by atoms with Crippen molar-refractivity contribution in [1.29, 1.82) is 0 Å². The summed E-state index contributed by atoms with van der Waals surface area (Å²) in [7, 11) is 0. The fourth-order valence-corrected chi connectivity index (χ4v) is 3.39. The van der Waals surface area contributed by atoms with Crippen LogP contribution >= 0.6 is 0 Å². The minimum absolute atomic E-state index is 0.000571. The Balaban J connectivity index is 3.22. The first-order chi connectivity index (χ1) is 14.0. The van der Waals surface area contributed by atoms with Crippen molar-refractivity contribution >= 4 is 11.9 Å². The Kier molecular flexibility index (Phi) is 10.5. The quantitative estimate of drug-likeness (QED) is 0.293. The highest BCUT2D eigenvalue weighted by Crippen LogP contribution is 2.30. The molecule has 1 aliphatic rings. The molecule has 0 fully saturated rings. The fourth-order valence-electron chi connectivity index (χ4n) is 3.39. The average molecular weight is 425 g/mol. The summed E-state index contributed by atoms with van der Waals surface area (Å²) in [5.41, 5.74) is -0.558. The Morgan fingerprint density at radius 2 is 2.07 bits per heavy atom. The summed E-state index contributed by atoms with van der Waals surface area (Å²) in [6.45, 7) is 7.13. The molecule has 0 aliphatic carbocycles. The number of hydrogen-bond acceptors (Lipinski definition) is 6. The first-order valence-electron chi connectivity index (χ1n) is 10.4. The van der Waals surface area contributed by atoms with Crippen LogP contribution in [-0.4, -0.2) is 56.8 Å². The summed E-state index contributed by atoms with van der Waals surface area (Å²) < 4.78 is 5.64. The minimum atomic E-state index is -1.33. The Hall–Kier alpha value is -1.96. The number of esters is 1. The molecule has 7 nitrogen and oxygen atoms in total. The van der Waals surface area contributed by atoms with Gasteiger partial charge in [0.2, 0.25) is 0 Å². The first kappa shape index (κ1) is 26.1. The monoisotopic (exact) mass is 424 g/mol. The second-order valence-electron chi connectivity index (χ2n) is 8.57. The van der Waals surface area contributed by atoms with Gasteiger partial charge in [-0.15, -0.1) is 0 Å². The zero-order chi connectivity index (χ0) is 22.9. The van der Waals surface area contributed by atoms with Crippen LogP contribution < -0.4 is 0 Å². The van der Waals surface area contributed by atoms with Crippen molar-refractivity contribution in [2.75, 3.05) is 6.61 Å². The van der Waals surface area contributed by atoms with E-state index in [1.165, 1.54) is 0 Å². The van der Waals surface area contributed by atoms with Crippen molar-refractivity contribution in [3.05, 3.63) is 36.0 Å². The van der Waals surface area contributed by atoms with Crippen LogP contribution in [0.2, 0.25) is 0 Å². The van der Waals surface area contributed by atoms with Crippen LogP contribution in [0.4, 0.5) is 0 Å². The van der Waals surface area contributed by atoms with Crippen molar-refractivity contribution in [1.82, 2.24) is 0 Å². The van der Waals surface area contributed by atoms with E-state index in [-0.39, 0.29) is 44.1 Å². The molecule has 0 aromatic carbocycles. The van der Waals surface area contributed by atoms with Crippen LogP contribution in [0.5, 0.6) is 0 Å². The van der Waals surface area contributed by atoms with Gasteiger partial charge in [-0.25, -0.2) is 0 Å². The summed E-state index contributed by atoms with van der Waals surface area (Å²) in [6, 6.07) is 0. The van der Waals surface area contributed by atoms with Gasteiger partial charge in [-0.05, 0) is 38.2 Å². The van der Waals surface area contributed by atoms with Gasteiger partial charge in [0, 0.05) is 18.4 Å². The zero-order valence-electron chi connectivity index (χ0n) is 18.3. The molecule has 6 atom stereocenters. The predicted molar refractivity (Wildman–Crippen MR) is 114 cm³/mol. The van der Waals surface area contributed by atoms with E-state index >= 15 is 0 Å². The van der Waals surface area contributed by atoms with E-state index in [4.69, 9.17) is 9.84 Å². The third-order valence-corrected chi connectivity index (χ3v) is 5.50. The lowest BCUT2D eigenvalue weighted by molar-refractivity contribution is -0.151. The Bertz CT molecular complexity index is 662. The molecule has 0 radical (unpaired) electrons. The van der Waals surface area contributed by atoms with Crippen LogP contribution in [0.15, 0.2) is 36.0 Å². The summed E-state index contributed by atoms with van der Waals surface area (Å²) in [6.07, 6.45) is 7.17. The van der Waals surface area contributed by atoms with Gasteiger partial charge in [0.05, 0.1) is 24.5 Å². The predicted octanol–water partition coefficient (Wildman–Crippen LogP) is 2.61. The topological polar surface area (TPSA) is 124 Å².